The van der Waals surface area contributed by atoms with Crippen LogP contribution >= 0.6 is 23.2 Å². The van der Waals surface area contributed by atoms with E-state index >= 15 is 0 Å². The van der Waals surface area contributed by atoms with Crippen LogP contribution in [-0.2, 0) is 0 Å². The number of rotatable bonds is 3. The van der Waals surface area contributed by atoms with Gasteiger partial charge in [0.25, 0.3) is 11.6 Å². The number of hydrogen-bond donors (Lipinski definition) is 1. The van der Waals surface area contributed by atoms with Gasteiger partial charge in [0.05, 0.1) is 17.3 Å². The van der Waals surface area contributed by atoms with Gasteiger partial charge >= 0.3 is 0 Å². The number of carbonyl (C=O) groups is 1. The molecule has 0 unspecified atom stereocenters. The van der Waals surface area contributed by atoms with Crippen LogP contribution in [0.4, 0.5) is 11.4 Å². The molecule has 0 saturated heterocycles. The van der Waals surface area contributed by atoms with Gasteiger partial charge < -0.3 is 5.32 Å². The molecule has 0 bridgehead atoms. The van der Waals surface area contributed by atoms with E-state index in [2.05, 4.69) is 15.3 Å². The van der Waals surface area contributed by atoms with Crippen molar-refractivity contribution in [2.75, 3.05) is 5.32 Å². The minimum Gasteiger partial charge on any atom is -0.320 e. The molecule has 0 saturated carbocycles. The molecule has 7 nitrogen and oxygen atoms in total. The molecule has 9 heteroatoms. The standard InChI is InChI=1S/C11H6Cl2N4O3/c12-7-2-1-6(3-9(7)17(19)20)16-11(18)8-4-15-10(13)5-14-8/h1-5H,(H,16,18). The lowest BCUT2D eigenvalue weighted by molar-refractivity contribution is -0.384. The molecule has 0 atom stereocenters. The number of nitrogens with one attached hydrogen (secondary N) is 1. The number of aromatic nitrogens is 2. The normalized spacial score (nSPS) is 10.1. The maximum Gasteiger partial charge on any atom is 0.289 e. The van der Waals surface area contributed by atoms with Gasteiger partial charge in [-0.25, -0.2) is 9.97 Å². The minimum atomic E-state index is -0.639. The summed E-state index contributed by atoms with van der Waals surface area (Å²) in [5, 5.41) is 13.3. The molecular weight excluding hydrogens is 307 g/mol. The molecule has 2 rings (SSSR count). The first-order valence-electron chi connectivity index (χ1n) is 5.20. The maximum absolute atomic E-state index is 11.8. The predicted molar refractivity (Wildman–Crippen MR) is 73.1 cm³/mol. The Labute approximate surface area is 122 Å². The first-order chi connectivity index (χ1) is 9.47. The van der Waals surface area contributed by atoms with Crippen molar-refractivity contribution in [1.29, 1.82) is 0 Å². The van der Waals surface area contributed by atoms with Gasteiger partial charge in [0.2, 0.25) is 0 Å². The zero-order chi connectivity index (χ0) is 14.7. The van der Waals surface area contributed by atoms with Crippen molar-refractivity contribution >= 4 is 40.5 Å². The second kappa shape index (κ2) is 5.81. The van der Waals surface area contributed by atoms with E-state index in [0.717, 1.165) is 6.07 Å². The zero-order valence-corrected chi connectivity index (χ0v) is 11.2. The van der Waals surface area contributed by atoms with E-state index in [0.29, 0.717) is 0 Å². The van der Waals surface area contributed by atoms with Gasteiger partial charge in [0, 0.05) is 11.8 Å². The molecule has 1 aromatic heterocycles. The van der Waals surface area contributed by atoms with Crippen LogP contribution in [0.2, 0.25) is 10.2 Å². The van der Waals surface area contributed by atoms with Crippen LogP contribution in [-0.4, -0.2) is 20.8 Å². The van der Waals surface area contributed by atoms with Crippen molar-refractivity contribution < 1.29 is 9.72 Å². The van der Waals surface area contributed by atoms with Crippen LogP contribution < -0.4 is 5.32 Å². The highest BCUT2D eigenvalue weighted by Gasteiger charge is 2.15. The van der Waals surface area contributed by atoms with E-state index in [9.17, 15) is 14.9 Å². The summed E-state index contributed by atoms with van der Waals surface area (Å²) >= 11 is 11.2. The van der Waals surface area contributed by atoms with Crippen LogP contribution in [0.15, 0.2) is 30.6 Å². The quantitative estimate of drug-likeness (QED) is 0.694. The number of nitro groups is 1. The molecule has 1 heterocycles. The van der Waals surface area contributed by atoms with Crippen molar-refractivity contribution in [3.05, 3.63) is 56.6 Å². The van der Waals surface area contributed by atoms with Crippen molar-refractivity contribution in [3.63, 3.8) is 0 Å². The molecule has 0 aliphatic carbocycles. The Morgan fingerprint density at radius 3 is 2.60 bits per heavy atom. The number of anilines is 1. The molecule has 102 valence electrons. The molecule has 0 radical (unpaired) electrons. The highest BCUT2D eigenvalue weighted by Crippen LogP contribution is 2.27. The van der Waals surface area contributed by atoms with Crippen molar-refractivity contribution in [3.8, 4) is 0 Å². The largest absolute Gasteiger partial charge is 0.320 e. The van der Waals surface area contributed by atoms with Crippen LogP contribution in [0.5, 0.6) is 0 Å². The van der Waals surface area contributed by atoms with Gasteiger partial charge in [-0.15, -0.1) is 0 Å². The average molecular weight is 313 g/mol. The lowest BCUT2D eigenvalue weighted by Crippen LogP contribution is -2.14. The Morgan fingerprint density at radius 2 is 2.00 bits per heavy atom. The Kier molecular flexibility index (Phi) is 4.11. The van der Waals surface area contributed by atoms with E-state index in [1.807, 2.05) is 0 Å². The second-order valence-corrected chi connectivity index (χ2v) is 4.40. The lowest BCUT2D eigenvalue weighted by atomic mass is 10.2. The molecule has 0 fully saturated rings. The smallest absolute Gasteiger partial charge is 0.289 e. The topological polar surface area (TPSA) is 98.0 Å². The molecule has 0 aliphatic heterocycles. The molecule has 1 amide bonds. The molecule has 1 N–H and O–H groups in total. The summed E-state index contributed by atoms with van der Waals surface area (Å²) in [6, 6.07) is 3.92. The van der Waals surface area contributed by atoms with Crippen molar-refractivity contribution in [2.24, 2.45) is 0 Å². The predicted octanol–water partition coefficient (Wildman–Crippen LogP) is 2.94. The van der Waals surface area contributed by atoms with Gasteiger partial charge in [0.1, 0.15) is 15.9 Å². The Morgan fingerprint density at radius 1 is 1.25 bits per heavy atom. The van der Waals surface area contributed by atoms with Crippen molar-refractivity contribution in [1.82, 2.24) is 9.97 Å². The maximum atomic E-state index is 11.8. The summed E-state index contributed by atoms with van der Waals surface area (Å²) in [6.45, 7) is 0. The fraction of sp³-hybridized carbons (Fsp3) is 0. The van der Waals surface area contributed by atoms with Crippen molar-refractivity contribution in [2.45, 2.75) is 0 Å². The number of benzene rings is 1. The highest BCUT2D eigenvalue weighted by molar-refractivity contribution is 6.32. The number of hydrogen-bond acceptors (Lipinski definition) is 5. The molecule has 1 aromatic carbocycles. The van der Waals surface area contributed by atoms with Crippen LogP contribution in [0, 0.1) is 10.1 Å². The third kappa shape index (κ3) is 3.19. The number of halogens is 2. The summed E-state index contributed by atoms with van der Waals surface area (Å²) in [6.07, 6.45) is 2.42. The van der Waals surface area contributed by atoms with Gasteiger partial charge in [0.15, 0.2) is 0 Å². The Bertz CT molecular complexity index is 676. The van der Waals surface area contributed by atoms with E-state index < -0.39 is 10.8 Å². The average Bonchev–Trinajstić information content (AvgIpc) is 2.41. The van der Waals surface area contributed by atoms with Gasteiger partial charge in [-0.05, 0) is 12.1 Å². The zero-order valence-electron chi connectivity index (χ0n) is 9.71. The minimum absolute atomic E-state index is 0.0146. The Balaban J connectivity index is 2.21. The number of nitro benzene ring substituents is 1. The first kappa shape index (κ1) is 14.2. The summed E-state index contributed by atoms with van der Waals surface area (Å²) in [7, 11) is 0. The number of carbonyl (C=O) groups excluding carboxylic acids is 1. The Hall–Kier alpha value is -2.25. The van der Waals surface area contributed by atoms with Crippen LogP contribution in [0.1, 0.15) is 10.5 Å². The summed E-state index contributed by atoms with van der Waals surface area (Å²) in [4.78, 5) is 29.4. The van der Waals surface area contributed by atoms with Crippen LogP contribution in [0.3, 0.4) is 0 Å². The fourth-order valence-electron chi connectivity index (χ4n) is 1.36. The van der Waals surface area contributed by atoms with Gasteiger partial charge in [-0.1, -0.05) is 23.2 Å². The third-order valence-electron chi connectivity index (χ3n) is 2.25. The van der Waals surface area contributed by atoms with E-state index in [-0.39, 0.29) is 27.2 Å². The third-order valence-corrected chi connectivity index (χ3v) is 2.77. The highest BCUT2D eigenvalue weighted by atomic mass is 35.5. The van der Waals surface area contributed by atoms with E-state index in [4.69, 9.17) is 23.2 Å². The summed E-state index contributed by atoms with van der Waals surface area (Å²) < 4.78 is 0. The number of amides is 1. The molecule has 0 spiro atoms. The molecular formula is C11H6Cl2N4O3. The molecule has 2 aromatic rings. The SMILES string of the molecule is O=C(Nc1ccc(Cl)c([N+](=O)[O-])c1)c1cnc(Cl)cn1. The number of nitrogens with zero attached hydrogens (tertiary/aromatic N) is 3. The summed E-state index contributed by atoms with van der Waals surface area (Å²) in [5.74, 6) is -0.564. The first-order valence-corrected chi connectivity index (χ1v) is 5.96. The molecule has 20 heavy (non-hydrogen) atoms. The van der Waals surface area contributed by atoms with E-state index in [1.165, 1.54) is 24.5 Å². The van der Waals surface area contributed by atoms with Gasteiger partial charge in [-0.2, -0.15) is 0 Å². The molecule has 0 aliphatic rings. The fourth-order valence-corrected chi connectivity index (χ4v) is 1.64. The van der Waals surface area contributed by atoms with E-state index in [1.54, 1.807) is 0 Å². The van der Waals surface area contributed by atoms with Gasteiger partial charge in [-0.3, -0.25) is 14.9 Å². The lowest BCUT2D eigenvalue weighted by Gasteiger charge is -2.05. The second-order valence-electron chi connectivity index (χ2n) is 3.60. The summed E-state index contributed by atoms with van der Waals surface area (Å²) in [5.41, 5.74) is -0.0403. The monoisotopic (exact) mass is 312 g/mol. The van der Waals surface area contributed by atoms with Crippen LogP contribution in [0.25, 0.3) is 0 Å².